The fraction of sp³-hybridized carbons (Fsp3) is 0.167. The first kappa shape index (κ1) is 10.9. The lowest BCUT2D eigenvalue weighted by Crippen LogP contribution is -1.97. The number of benzene rings is 1. The molecule has 0 spiro atoms. The number of anilines is 1. The molecule has 1 aromatic rings. The molecule has 2 heteroatoms. The average molecular weight is 205 g/mol. The largest absolute Gasteiger partial charge is 0.350 e. The zero-order valence-electron chi connectivity index (χ0n) is 8.42. The van der Waals surface area contributed by atoms with E-state index in [0.717, 1.165) is 17.1 Å². The highest BCUT2D eigenvalue weighted by Gasteiger charge is 1.99. The molecule has 0 fully saturated rings. The predicted molar refractivity (Wildman–Crippen MR) is 66.4 cm³/mol. The third-order valence-electron chi connectivity index (χ3n) is 1.90. The Hall–Kier alpha value is -1.15. The highest BCUT2D eigenvalue weighted by atomic mass is 32.2. The van der Waals surface area contributed by atoms with Crippen molar-refractivity contribution in [3.63, 3.8) is 0 Å². The molecule has 0 saturated carbocycles. The lowest BCUT2D eigenvalue weighted by atomic mass is 10.1. The molecule has 1 rings (SSSR count). The highest BCUT2D eigenvalue weighted by molar-refractivity contribution is 8.05. The van der Waals surface area contributed by atoms with Gasteiger partial charge in [-0.15, -0.1) is 0 Å². The minimum Gasteiger partial charge on any atom is -0.350 e. The van der Waals surface area contributed by atoms with E-state index in [4.69, 9.17) is 0 Å². The van der Waals surface area contributed by atoms with Crippen molar-refractivity contribution in [2.24, 2.45) is 0 Å². The molecule has 0 aliphatic rings. The molecule has 1 aromatic carbocycles. The molecule has 0 aliphatic heterocycles. The second-order valence-electron chi connectivity index (χ2n) is 2.84. The maximum atomic E-state index is 3.90. The summed E-state index contributed by atoms with van der Waals surface area (Å²) in [6.07, 6.45) is 1.02. The lowest BCUT2D eigenvalue weighted by Gasteiger charge is -2.10. The minimum absolute atomic E-state index is 0.904. The van der Waals surface area contributed by atoms with Crippen LogP contribution in [0.4, 0.5) is 5.69 Å². The number of para-hydroxylation sites is 1. The van der Waals surface area contributed by atoms with Gasteiger partial charge in [0.05, 0.1) is 5.03 Å². The Bertz CT molecular complexity index is 331. The van der Waals surface area contributed by atoms with Gasteiger partial charge in [-0.05, 0) is 23.5 Å². The van der Waals surface area contributed by atoms with Gasteiger partial charge >= 0.3 is 0 Å². The predicted octanol–water partition coefficient (Wildman–Crippen LogP) is 4.01. The maximum absolute atomic E-state index is 3.90. The van der Waals surface area contributed by atoms with Crippen LogP contribution in [0.25, 0.3) is 0 Å². The smallest absolute Gasteiger partial charge is 0.0694 e. The van der Waals surface area contributed by atoms with E-state index in [1.165, 1.54) is 17.3 Å². The summed E-state index contributed by atoms with van der Waals surface area (Å²) in [5, 5.41) is 5.93. The van der Waals surface area contributed by atoms with Crippen LogP contribution in [-0.4, -0.2) is 0 Å². The quantitative estimate of drug-likeness (QED) is 0.779. The van der Waals surface area contributed by atoms with Gasteiger partial charge in [0.25, 0.3) is 0 Å². The molecule has 0 amide bonds. The first-order valence-electron chi connectivity index (χ1n) is 4.59. The number of nitrogens with one attached hydrogen (secondary N) is 1. The molecule has 0 saturated heterocycles. The summed E-state index contributed by atoms with van der Waals surface area (Å²) in [4.78, 5) is 0. The minimum atomic E-state index is 0.904. The Kier molecular flexibility index (Phi) is 4.33. The Morgan fingerprint density at radius 2 is 2.21 bits per heavy atom. The molecule has 0 aromatic heterocycles. The van der Waals surface area contributed by atoms with E-state index in [1.54, 1.807) is 5.41 Å². The van der Waals surface area contributed by atoms with Gasteiger partial charge in [-0.2, -0.15) is 0 Å². The Morgan fingerprint density at radius 1 is 1.50 bits per heavy atom. The third-order valence-corrected chi connectivity index (χ3v) is 2.45. The molecule has 0 unspecified atom stereocenters. The summed E-state index contributed by atoms with van der Waals surface area (Å²) in [6.45, 7) is 9.69. The Morgan fingerprint density at radius 3 is 2.86 bits per heavy atom. The van der Waals surface area contributed by atoms with Crippen molar-refractivity contribution in [1.82, 2.24) is 0 Å². The second-order valence-corrected chi connectivity index (χ2v) is 3.91. The van der Waals surface area contributed by atoms with Crippen LogP contribution >= 0.6 is 11.8 Å². The molecular weight excluding hydrogens is 190 g/mol. The summed E-state index contributed by atoms with van der Waals surface area (Å²) in [6, 6.07) is 8.25. The first-order chi connectivity index (χ1) is 6.77. The van der Waals surface area contributed by atoms with Crippen molar-refractivity contribution in [3.8, 4) is 0 Å². The van der Waals surface area contributed by atoms with Gasteiger partial charge in [0.2, 0.25) is 0 Å². The average Bonchev–Trinajstić information content (AvgIpc) is 2.19. The van der Waals surface area contributed by atoms with E-state index in [2.05, 4.69) is 37.5 Å². The standard InChI is InChI=1S/C12H15NS/c1-4-11-8-6-7-9-12(11)13-10(3)14-5-2/h5-9,13H,2-4H2,1H3. The molecule has 0 bridgehead atoms. The van der Waals surface area contributed by atoms with E-state index in [1.807, 2.05) is 12.1 Å². The normalized spacial score (nSPS) is 9.50. The Labute approximate surface area is 89.9 Å². The SMILES string of the molecule is C=CSC(=C)Nc1ccccc1CC. The van der Waals surface area contributed by atoms with Gasteiger partial charge in [0.1, 0.15) is 0 Å². The van der Waals surface area contributed by atoms with Crippen molar-refractivity contribution < 1.29 is 0 Å². The molecule has 1 N–H and O–H groups in total. The molecular formula is C12H15NS. The monoisotopic (exact) mass is 205 g/mol. The first-order valence-corrected chi connectivity index (χ1v) is 5.47. The van der Waals surface area contributed by atoms with Crippen molar-refractivity contribution in [1.29, 1.82) is 0 Å². The molecule has 74 valence electrons. The topological polar surface area (TPSA) is 12.0 Å². The van der Waals surface area contributed by atoms with Gasteiger partial charge < -0.3 is 5.32 Å². The van der Waals surface area contributed by atoms with Crippen LogP contribution in [0.5, 0.6) is 0 Å². The van der Waals surface area contributed by atoms with Crippen LogP contribution in [0.3, 0.4) is 0 Å². The Balaban J connectivity index is 2.74. The molecule has 0 aliphatic carbocycles. The van der Waals surface area contributed by atoms with E-state index >= 15 is 0 Å². The molecule has 0 heterocycles. The zero-order chi connectivity index (χ0) is 10.4. The molecule has 0 atom stereocenters. The molecule has 14 heavy (non-hydrogen) atoms. The van der Waals surface area contributed by atoms with Crippen molar-refractivity contribution in [2.75, 3.05) is 5.32 Å². The van der Waals surface area contributed by atoms with Gasteiger partial charge in [-0.3, -0.25) is 0 Å². The van der Waals surface area contributed by atoms with Crippen LogP contribution in [0, 0.1) is 0 Å². The van der Waals surface area contributed by atoms with Gasteiger partial charge in [0, 0.05) is 5.69 Å². The number of hydrogen-bond donors (Lipinski definition) is 1. The van der Waals surface area contributed by atoms with Gasteiger partial charge in [-0.25, -0.2) is 0 Å². The van der Waals surface area contributed by atoms with Crippen molar-refractivity contribution in [2.45, 2.75) is 13.3 Å². The number of rotatable bonds is 5. The fourth-order valence-electron chi connectivity index (χ4n) is 1.23. The van der Waals surface area contributed by atoms with E-state index in [-0.39, 0.29) is 0 Å². The van der Waals surface area contributed by atoms with Crippen LogP contribution in [0.1, 0.15) is 12.5 Å². The summed E-state index contributed by atoms with van der Waals surface area (Å²) in [5.74, 6) is 0. The molecule has 1 nitrogen and oxygen atoms in total. The maximum Gasteiger partial charge on any atom is 0.0694 e. The van der Waals surface area contributed by atoms with E-state index < -0.39 is 0 Å². The third kappa shape index (κ3) is 2.96. The lowest BCUT2D eigenvalue weighted by molar-refractivity contribution is 1.14. The summed E-state index contributed by atoms with van der Waals surface area (Å²) in [5.41, 5.74) is 2.44. The van der Waals surface area contributed by atoms with Gasteiger partial charge in [0.15, 0.2) is 0 Å². The fourth-order valence-corrected chi connectivity index (χ4v) is 1.60. The number of thioether (sulfide) groups is 1. The summed E-state index contributed by atoms with van der Waals surface area (Å²) >= 11 is 1.50. The zero-order valence-corrected chi connectivity index (χ0v) is 9.23. The number of aryl methyl sites for hydroxylation is 1. The van der Waals surface area contributed by atoms with Crippen LogP contribution < -0.4 is 5.32 Å². The van der Waals surface area contributed by atoms with Crippen LogP contribution in [0.2, 0.25) is 0 Å². The van der Waals surface area contributed by atoms with E-state index in [0.29, 0.717) is 0 Å². The van der Waals surface area contributed by atoms with Crippen LogP contribution in [-0.2, 0) is 6.42 Å². The van der Waals surface area contributed by atoms with Crippen LogP contribution in [0.15, 0.2) is 47.9 Å². The van der Waals surface area contributed by atoms with Crippen molar-refractivity contribution in [3.05, 3.63) is 53.4 Å². The number of hydrogen-bond acceptors (Lipinski definition) is 2. The summed E-state index contributed by atoms with van der Waals surface area (Å²) in [7, 11) is 0. The van der Waals surface area contributed by atoms with Gasteiger partial charge in [-0.1, -0.05) is 50.0 Å². The second kappa shape index (κ2) is 5.55. The highest BCUT2D eigenvalue weighted by Crippen LogP contribution is 2.21. The van der Waals surface area contributed by atoms with Crippen molar-refractivity contribution >= 4 is 17.4 Å². The summed E-state index contributed by atoms with van der Waals surface area (Å²) < 4.78 is 0. The van der Waals surface area contributed by atoms with E-state index in [9.17, 15) is 0 Å². The molecule has 0 radical (unpaired) electrons.